The lowest BCUT2D eigenvalue weighted by atomic mass is 10.1. The van der Waals surface area contributed by atoms with Gasteiger partial charge in [-0.05, 0) is 42.8 Å². The van der Waals surface area contributed by atoms with Crippen molar-refractivity contribution in [3.05, 3.63) is 70.3 Å². The fourth-order valence-electron chi connectivity index (χ4n) is 1.71. The Balaban J connectivity index is 2.26. The number of aromatic hydroxyl groups is 1. The summed E-state index contributed by atoms with van der Waals surface area (Å²) in [6.45, 7) is 1.87. The van der Waals surface area contributed by atoms with Crippen LogP contribution in [0.4, 0.5) is 0 Å². The highest BCUT2D eigenvalue weighted by atomic mass is 35.5. The van der Waals surface area contributed by atoms with E-state index in [-0.39, 0.29) is 11.5 Å². The minimum absolute atomic E-state index is 0.0144. The second-order valence-corrected chi connectivity index (χ2v) is 4.65. The molecule has 0 bridgehead atoms. The van der Waals surface area contributed by atoms with E-state index in [9.17, 15) is 9.90 Å². The summed E-state index contributed by atoms with van der Waals surface area (Å²) in [6.07, 6.45) is 3.06. The molecule has 0 atom stereocenters. The Kier molecular flexibility index (Phi) is 4.03. The molecule has 96 valence electrons. The molecule has 0 fully saturated rings. The number of ketones is 1. The predicted molar refractivity (Wildman–Crippen MR) is 77.7 cm³/mol. The molecule has 19 heavy (non-hydrogen) atoms. The number of phenols is 1. The number of aryl methyl sites for hydroxylation is 1. The Labute approximate surface area is 117 Å². The van der Waals surface area contributed by atoms with E-state index < -0.39 is 0 Å². The van der Waals surface area contributed by atoms with E-state index in [4.69, 9.17) is 11.6 Å². The molecule has 0 saturated heterocycles. The number of hydrogen-bond donors (Lipinski definition) is 1. The molecule has 0 saturated carbocycles. The average molecular weight is 273 g/mol. The van der Waals surface area contributed by atoms with Crippen LogP contribution in [0, 0.1) is 6.92 Å². The molecule has 0 aliphatic carbocycles. The largest absolute Gasteiger partial charge is 0.507 e. The van der Waals surface area contributed by atoms with E-state index in [1.807, 2.05) is 25.1 Å². The van der Waals surface area contributed by atoms with Crippen LogP contribution in [-0.4, -0.2) is 10.9 Å². The molecule has 0 radical (unpaired) electrons. The Hall–Kier alpha value is -2.06. The number of rotatable bonds is 3. The minimum Gasteiger partial charge on any atom is -0.507 e. The molecule has 2 aromatic rings. The molecule has 0 heterocycles. The maximum absolute atomic E-state index is 12.0. The van der Waals surface area contributed by atoms with Crippen LogP contribution < -0.4 is 0 Å². The Morgan fingerprint density at radius 2 is 1.95 bits per heavy atom. The van der Waals surface area contributed by atoms with E-state index in [1.165, 1.54) is 12.1 Å². The quantitative estimate of drug-likeness (QED) is 0.670. The van der Waals surface area contributed by atoms with Crippen molar-refractivity contribution < 1.29 is 9.90 Å². The molecule has 0 aliphatic rings. The Morgan fingerprint density at radius 1 is 1.21 bits per heavy atom. The highest BCUT2D eigenvalue weighted by Crippen LogP contribution is 2.21. The van der Waals surface area contributed by atoms with Crippen LogP contribution >= 0.6 is 11.6 Å². The topological polar surface area (TPSA) is 37.3 Å². The highest BCUT2D eigenvalue weighted by Gasteiger charge is 2.08. The number of phenolic OH excluding ortho intramolecular Hbond substituents is 1. The number of hydrogen-bond acceptors (Lipinski definition) is 2. The lowest BCUT2D eigenvalue weighted by Crippen LogP contribution is -1.95. The first-order valence-electron chi connectivity index (χ1n) is 5.84. The summed E-state index contributed by atoms with van der Waals surface area (Å²) in [5, 5.41) is 10.3. The van der Waals surface area contributed by atoms with Crippen molar-refractivity contribution >= 4 is 23.5 Å². The zero-order chi connectivity index (χ0) is 13.8. The van der Waals surface area contributed by atoms with Crippen LogP contribution in [0.5, 0.6) is 5.75 Å². The van der Waals surface area contributed by atoms with Crippen molar-refractivity contribution in [2.45, 2.75) is 6.92 Å². The monoisotopic (exact) mass is 272 g/mol. The van der Waals surface area contributed by atoms with Gasteiger partial charge in [-0.15, -0.1) is 0 Å². The fraction of sp³-hybridized carbons (Fsp3) is 0.0625. The summed E-state index contributed by atoms with van der Waals surface area (Å²) in [4.78, 5) is 12.0. The van der Waals surface area contributed by atoms with Gasteiger partial charge in [-0.3, -0.25) is 4.79 Å². The third-order valence-electron chi connectivity index (χ3n) is 2.74. The standard InChI is InChI=1S/C16H13ClO2/c1-11-6-8-15(18)13(10-11)16(19)9-7-12-4-2-3-5-14(12)17/h2-10,18H,1H3/b9-7+. The second-order valence-electron chi connectivity index (χ2n) is 4.24. The van der Waals surface area contributed by atoms with E-state index in [1.54, 1.807) is 24.3 Å². The van der Waals surface area contributed by atoms with Crippen LogP contribution in [0.15, 0.2) is 48.5 Å². The van der Waals surface area contributed by atoms with Gasteiger partial charge in [-0.1, -0.05) is 41.4 Å². The molecular weight excluding hydrogens is 260 g/mol. The molecule has 0 aromatic heterocycles. The highest BCUT2D eigenvalue weighted by molar-refractivity contribution is 6.32. The molecular formula is C16H13ClO2. The summed E-state index contributed by atoms with van der Waals surface area (Å²) < 4.78 is 0. The van der Waals surface area contributed by atoms with Gasteiger partial charge in [0.15, 0.2) is 5.78 Å². The van der Waals surface area contributed by atoms with Gasteiger partial charge < -0.3 is 5.11 Å². The van der Waals surface area contributed by atoms with E-state index in [0.717, 1.165) is 11.1 Å². The molecule has 0 amide bonds. The lowest BCUT2D eigenvalue weighted by molar-refractivity contribution is 0.104. The first-order valence-corrected chi connectivity index (χ1v) is 6.22. The number of carbonyl (C=O) groups is 1. The number of allylic oxidation sites excluding steroid dienone is 1. The Bertz CT molecular complexity index is 645. The van der Waals surface area contributed by atoms with Gasteiger partial charge in [0.05, 0.1) is 5.56 Å². The van der Waals surface area contributed by atoms with E-state index >= 15 is 0 Å². The molecule has 0 spiro atoms. The zero-order valence-corrected chi connectivity index (χ0v) is 11.2. The van der Waals surface area contributed by atoms with Crippen LogP contribution in [0.1, 0.15) is 21.5 Å². The lowest BCUT2D eigenvalue weighted by Gasteiger charge is -2.02. The molecule has 3 heteroatoms. The van der Waals surface area contributed by atoms with Gasteiger partial charge in [0.25, 0.3) is 0 Å². The van der Waals surface area contributed by atoms with E-state index in [0.29, 0.717) is 10.6 Å². The van der Waals surface area contributed by atoms with Crippen LogP contribution in [0.25, 0.3) is 6.08 Å². The fourth-order valence-corrected chi connectivity index (χ4v) is 1.91. The van der Waals surface area contributed by atoms with Gasteiger partial charge in [0.1, 0.15) is 5.75 Å². The second kappa shape index (κ2) is 5.72. The van der Waals surface area contributed by atoms with Crippen molar-refractivity contribution in [1.82, 2.24) is 0 Å². The summed E-state index contributed by atoms with van der Waals surface area (Å²) in [7, 11) is 0. The first kappa shape index (κ1) is 13.4. The number of halogens is 1. The van der Waals surface area contributed by atoms with Crippen LogP contribution in [-0.2, 0) is 0 Å². The third-order valence-corrected chi connectivity index (χ3v) is 3.08. The molecule has 1 N–H and O–H groups in total. The SMILES string of the molecule is Cc1ccc(O)c(C(=O)/C=C/c2ccccc2Cl)c1. The minimum atomic E-state index is -0.249. The van der Waals surface area contributed by atoms with Crippen LogP contribution in [0.3, 0.4) is 0 Å². The number of carbonyl (C=O) groups excluding carboxylic acids is 1. The van der Waals surface area contributed by atoms with Gasteiger partial charge >= 0.3 is 0 Å². The van der Waals surface area contributed by atoms with Crippen molar-refractivity contribution in [2.75, 3.05) is 0 Å². The summed E-state index contributed by atoms with van der Waals surface area (Å²) >= 11 is 6.00. The van der Waals surface area contributed by atoms with Crippen molar-refractivity contribution in [1.29, 1.82) is 0 Å². The molecule has 0 aliphatic heterocycles. The van der Waals surface area contributed by atoms with Gasteiger partial charge in [-0.2, -0.15) is 0 Å². The summed E-state index contributed by atoms with van der Waals surface area (Å²) in [5.74, 6) is -0.263. The molecule has 2 nitrogen and oxygen atoms in total. The smallest absolute Gasteiger partial charge is 0.189 e. The summed E-state index contributed by atoms with van der Waals surface area (Å²) in [6, 6.07) is 12.2. The van der Waals surface area contributed by atoms with Gasteiger partial charge in [-0.25, -0.2) is 0 Å². The van der Waals surface area contributed by atoms with Gasteiger partial charge in [0.2, 0.25) is 0 Å². The molecule has 2 aromatic carbocycles. The Morgan fingerprint density at radius 3 is 2.68 bits per heavy atom. The van der Waals surface area contributed by atoms with Crippen molar-refractivity contribution in [2.24, 2.45) is 0 Å². The molecule has 2 rings (SSSR count). The normalized spacial score (nSPS) is 10.8. The number of benzene rings is 2. The maximum atomic E-state index is 12.0. The van der Waals surface area contributed by atoms with Crippen molar-refractivity contribution in [3.8, 4) is 5.75 Å². The average Bonchev–Trinajstić information content (AvgIpc) is 2.40. The first-order chi connectivity index (χ1) is 9.08. The zero-order valence-electron chi connectivity index (χ0n) is 10.4. The predicted octanol–water partition coefficient (Wildman–Crippen LogP) is 4.25. The third kappa shape index (κ3) is 3.24. The van der Waals surface area contributed by atoms with Gasteiger partial charge in [0, 0.05) is 5.02 Å². The van der Waals surface area contributed by atoms with E-state index in [2.05, 4.69) is 0 Å². The van der Waals surface area contributed by atoms with Crippen LogP contribution in [0.2, 0.25) is 5.02 Å². The summed E-state index contributed by atoms with van der Waals surface area (Å²) in [5.41, 5.74) is 1.99. The maximum Gasteiger partial charge on any atom is 0.189 e. The van der Waals surface area contributed by atoms with Crippen molar-refractivity contribution in [3.63, 3.8) is 0 Å². The molecule has 0 unspecified atom stereocenters.